The molecule has 2 rings (SSSR count). The van der Waals surface area contributed by atoms with Crippen LogP contribution in [-0.4, -0.2) is 31.8 Å². The first-order valence-electron chi connectivity index (χ1n) is 6.73. The van der Waals surface area contributed by atoms with Crippen LogP contribution in [0.3, 0.4) is 0 Å². The molecule has 2 aromatic rings. The van der Waals surface area contributed by atoms with Crippen molar-refractivity contribution in [2.75, 3.05) is 21.6 Å². The number of rotatable bonds is 5. The number of carboxylic acid groups (broad SMARTS) is 1. The molecule has 9 heteroatoms. The van der Waals surface area contributed by atoms with Crippen molar-refractivity contribution in [3.63, 3.8) is 0 Å². The number of carbonyl (C=O) groups excluding carboxylic acids is 1. The highest BCUT2D eigenvalue weighted by Crippen LogP contribution is 2.19. The van der Waals surface area contributed by atoms with Gasteiger partial charge in [0.15, 0.2) is 0 Å². The minimum absolute atomic E-state index is 0.163. The van der Waals surface area contributed by atoms with Crippen LogP contribution in [0.4, 0.5) is 21.9 Å². The Balaban J connectivity index is 2.17. The molecule has 0 aromatic heterocycles. The lowest BCUT2D eigenvalue weighted by Gasteiger charge is -2.11. The van der Waals surface area contributed by atoms with Gasteiger partial charge in [-0.1, -0.05) is 12.1 Å². The van der Waals surface area contributed by atoms with E-state index < -0.39 is 22.0 Å². The Labute approximate surface area is 138 Å². The zero-order chi connectivity index (χ0) is 17.7. The van der Waals surface area contributed by atoms with E-state index in [2.05, 4.69) is 15.4 Å². The molecule has 0 aliphatic heterocycles. The Kier molecular flexibility index (Phi) is 5.05. The molecule has 0 aliphatic carbocycles. The van der Waals surface area contributed by atoms with Gasteiger partial charge in [-0.25, -0.2) is 13.2 Å². The van der Waals surface area contributed by atoms with E-state index in [0.717, 1.165) is 6.26 Å². The van der Waals surface area contributed by atoms with Gasteiger partial charge >= 0.3 is 6.09 Å². The first kappa shape index (κ1) is 17.3. The number of amides is 2. The van der Waals surface area contributed by atoms with Crippen LogP contribution in [-0.2, 0) is 10.0 Å². The van der Waals surface area contributed by atoms with Crippen molar-refractivity contribution in [1.82, 2.24) is 0 Å². The molecule has 0 saturated carbocycles. The zero-order valence-corrected chi connectivity index (χ0v) is 13.4. The van der Waals surface area contributed by atoms with E-state index in [-0.39, 0.29) is 11.3 Å². The number of carbonyl (C=O) groups is 2. The lowest BCUT2D eigenvalue weighted by molar-refractivity contribution is 0.102. The smallest absolute Gasteiger partial charge is 0.409 e. The van der Waals surface area contributed by atoms with Crippen LogP contribution in [0.2, 0.25) is 0 Å². The van der Waals surface area contributed by atoms with Gasteiger partial charge in [0, 0.05) is 11.4 Å². The number of anilines is 3. The summed E-state index contributed by atoms with van der Waals surface area (Å²) in [6.45, 7) is 0. The van der Waals surface area contributed by atoms with Crippen molar-refractivity contribution < 1.29 is 23.1 Å². The van der Waals surface area contributed by atoms with Crippen LogP contribution in [0.5, 0.6) is 0 Å². The molecule has 0 fully saturated rings. The molecule has 0 unspecified atom stereocenters. The SMILES string of the molecule is CS(=O)(=O)Nc1ccccc1C(=O)Nc1ccc(NC(=O)O)cc1. The van der Waals surface area contributed by atoms with Crippen LogP contribution >= 0.6 is 0 Å². The molecule has 4 N–H and O–H groups in total. The molecular formula is C15H15N3O5S. The van der Waals surface area contributed by atoms with Crippen molar-refractivity contribution in [3.8, 4) is 0 Å². The molecule has 2 aromatic carbocycles. The standard InChI is InChI=1S/C15H15N3O5S/c1-24(22,23)18-13-5-3-2-4-12(13)14(19)16-10-6-8-11(9-7-10)17-15(20)21/h2-9,17-18H,1H3,(H,16,19)(H,20,21). The molecule has 0 aliphatic rings. The molecule has 0 atom stereocenters. The number of hydrogen-bond donors (Lipinski definition) is 4. The third-order valence-corrected chi connectivity index (χ3v) is 3.45. The summed E-state index contributed by atoms with van der Waals surface area (Å²) in [5, 5.41) is 13.4. The van der Waals surface area contributed by atoms with E-state index >= 15 is 0 Å². The van der Waals surface area contributed by atoms with Crippen LogP contribution in [0, 0.1) is 0 Å². The Morgan fingerprint density at radius 2 is 1.46 bits per heavy atom. The average Bonchev–Trinajstić information content (AvgIpc) is 2.47. The lowest BCUT2D eigenvalue weighted by atomic mass is 10.1. The summed E-state index contributed by atoms with van der Waals surface area (Å²) >= 11 is 0. The number of hydrogen-bond acceptors (Lipinski definition) is 4. The second kappa shape index (κ2) is 7.01. The molecule has 0 bridgehead atoms. The van der Waals surface area contributed by atoms with Gasteiger partial charge < -0.3 is 10.4 Å². The summed E-state index contributed by atoms with van der Waals surface area (Å²) in [6.07, 6.45) is -0.192. The monoisotopic (exact) mass is 349 g/mol. The summed E-state index contributed by atoms with van der Waals surface area (Å²) < 4.78 is 25.0. The minimum Gasteiger partial charge on any atom is -0.465 e. The third kappa shape index (κ3) is 4.99. The van der Waals surface area contributed by atoms with Crippen molar-refractivity contribution in [1.29, 1.82) is 0 Å². The third-order valence-electron chi connectivity index (χ3n) is 2.86. The quantitative estimate of drug-likeness (QED) is 0.660. The molecule has 24 heavy (non-hydrogen) atoms. The first-order chi connectivity index (χ1) is 11.2. The number of nitrogens with one attached hydrogen (secondary N) is 3. The van der Waals surface area contributed by atoms with Crippen molar-refractivity contribution in [3.05, 3.63) is 54.1 Å². The summed E-state index contributed by atoms with van der Waals surface area (Å²) in [5.41, 5.74) is 1.13. The number of sulfonamides is 1. The maximum atomic E-state index is 12.3. The van der Waals surface area contributed by atoms with Gasteiger partial charge in [0.1, 0.15) is 0 Å². The van der Waals surface area contributed by atoms with E-state index in [1.165, 1.54) is 36.4 Å². The fourth-order valence-corrected chi connectivity index (χ4v) is 2.51. The van der Waals surface area contributed by atoms with Crippen LogP contribution in [0.1, 0.15) is 10.4 Å². The Bertz CT molecular complexity index is 863. The van der Waals surface area contributed by atoms with Crippen LogP contribution in [0.25, 0.3) is 0 Å². The minimum atomic E-state index is -3.52. The fourth-order valence-electron chi connectivity index (χ4n) is 1.93. The summed E-state index contributed by atoms with van der Waals surface area (Å²) in [7, 11) is -3.52. The van der Waals surface area contributed by atoms with Gasteiger partial charge in [0.2, 0.25) is 10.0 Å². The van der Waals surface area contributed by atoms with Gasteiger partial charge in [0.05, 0.1) is 17.5 Å². The first-order valence-corrected chi connectivity index (χ1v) is 8.62. The highest BCUT2D eigenvalue weighted by molar-refractivity contribution is 7.92. The average molecular weight is 349 g/mol. The van der Waals surface area contributed by atoms with Crippen molar-refractivity contribution in [2.24, 2.45) is 0 Å². The van der Waals surface area contributed by atoms with Crippen LogP contribution in [0.15, 0.2) is 48.5 Å². The second-order valence-electron chi connectivity index (χ2n) is 4.88. The summed E-state index contributed by atoms with van der Waals surface area (Å²) in [6, 6.07) is 12.2. The van der Waals surface area contributed by atoms with Gasteiger partial charge in [-0.05, 0) is 36.4 Å². The predicted octanol–water partition coefficient (Wildman–Crippen LogP) is 2.40. The van der Waals surface area contributed by atoms with Gasteiger partial charge in [-0.15, -0.1) is 0 Å². The molecule has 0 saturated heterocycles. The molecule has 8 nitrogen and oxygen atoms in total. The van der Waals surface area contributed by atoms with Crippen molar-refractivity contribution >= 4 is 39.1 Å². The predicted molar refractivity (Wildman–Crippen MR) is 91.0 cm³/mol. The normalized spacial score (nSPS) is 10.7. The maximum Gasteiger partial charge on any atom is 0.409 e. The maximum absolute atomic E-state index is 12.3. The van der Waals surface area contributed by atoms with Gasteiger partial charge in [-0.3, -0.25) is 14.8 Å². The van der Waals surface area contributed by atoms with E-state index in [0.29, 0.717) is 11.4 Å². The number of benzene rings is 2. The fraction of sp³-hybridized carbons (Fsp3) is 0.0667. The Morgan fingerprint density at radius 1 is 0.917 bits per heavy atom. The largest absolute Gasteiger partial charge is 0.465 e. The van der Waals surface area contributed by atoms with E-state index in [1.807, 2.05) is 0 Å². The molecule has 0 heterocycles. The molecule has 0 spiro atoms. The summed E-state index contributed by atoms with van der Waals surface area (Å²) in [5.74, 6) is -0.499. The Morgan fingerprint density at radius 3 is 2.00 bits per heavy atom. The second-order valence-corrected chi connectivity index (χ2v) is 6.63. The molecule has 0 radical (unpaired) electrons. The topological polar surface area (TPSA) is 125 Å². The lowest BCUT2D eigenvalue weighted by Crippen LogP contribution is -2.17. The highest BCUT2D eigenvalue weighted by atomic mass is 32.2. The van der Waals surface area contributed by atoms with Gasteiger partial charge in [-0.2, -0.15) is 0 Å². The van der Waals surface area contributed by atoms with Crippen molar-refractivity contribution in [2.45, 2.75) is 0 Å². The summed E-state index contributed by atoms with van der Waals surface area (Å²) in [4.78, 5) is 22.9. The molecule has 126 valence electrons. The zero-order valence-electron chi connectivity index (χ0n) is 12.6. The highest BCUT2D eigenvalue weighted by Gasteiger charge is 2.13. The van der Waals surface area contributed by atoms with E-state index in [9.17, 15) is 18.0 Å². The Hall–Kier alpha value is -3.07. The van der Waals surface area contributed by atoms with Crippen LogP contribution < -0.4 is 15.4 Å². The van der Waals surface area contributed by atoms with Gasteiger partial charge in [0.25, 0.3) is 5.91 Å². The van der Waals surface area contributed by atoms with E-state index in [1.54, 1.807) is 12.1 Å². The van der Waals surface area contributed by atoms with E-state index in [4.69, 9.17) is 5.11 Å². The molecular weight excluding hydrogens is 334 g/mol. The number of para-hydroxylation sites is 1. The molecule has 2 amide bonds.